The quantitative estimate of drug-likeness (QED) is 0.785. The van der Waals surface area contributed by atoms with Gasteiger partial charge in [0.1, 0.15) is 12.2 Å². The van der Waals surface area contributed by atoms with E-state index in [1.165, 1.54) is 0 Å². The van der Waals surface area contributed by atoms with E-state index < -0.39 is 18.0 Å². The number of hydrogen-bond acceptors (Lipinski definition) is 4. The average Bonchev–Trinajstić information content (AvgIpc) is 2.76. The van der Waals surface area contributed by atoms with Gasteiger partial charge in [-0.3, -0.25) is 0 Å². The summed E-state index contributed by atoms with van der Waals surface area (Å²) in [5.74, 6) is -0.701. The van der Waals surface area contributed by atoms with Crippen molar-refractivity contribution in [2.24, 2.45) is 0 Å². The van der Waals surface area contributed by atoms with Crippen molar-refractivity contribution in [3.63, 3.8) is 0 Å². The fourth-order valence-electron chi connectivity index (χ4n) is 2.49. The summed E-state index contributed by atoms with van der Waals surface area (Å²) in [5.41, 5.74) is 1.11. The molecule has 0 aromatic heterocycles. The van der Waals surface area contributed by atoms with Crippen LogP contribution in [0.5, 0.6) is 0 Å². The van der Waals surface area contributed by atoms with Crippen molar-refractivity contribution in [1.29, 1.82) is 0 Å². The summed E-state index contributed by atoms with van der Waals surface area (Å²) in [7, 11) is 0. The zero-order valence-corrected chi connectivity index (χ0v) is 12.7. The summed E-state index contributed by atoms with van der Waals surface area (Å²) in [6.45, 7) is 8.24. The van der Waals surface area contributed by atoms with Gasteiger partial charge in [-0.1, -0.05) is 36.4 Å². The molecule has 116 valence electrons. The second-order valence-corrected chi connectivity index (χ2v) is 5.73. The lowest BCUT2D eigenvalue weighted by Crippen LogP contribution is -2.37. The van der Waals surface area contributed by atoms with E-state index in [1.54, 1.807) is 6.08 Å². The lowest BCUT2D eigenvalue weighted by Gasteiger charge is -2.21. The first-order chi connectivity index (χ1) is 10.0. The lowest BCUT2D eigenvalue weighted by molar-refractivity contribution is -0.157. The van der Waals surface area contributed by atoms with Crippen LogP contribution in [0.4, 0.5) is 0 Å². The molecule has 0 bridgehead atoms. The number of aliphatic hydroxyl groups excluding tert-OH is 1. The molecule has 1 aliphatic rings. The van der Waals surface area contributed by atoms with E-state index in [4.69, 9.17) is 14.2 Å². The Hall–Kier alpha value is -1.20. The molecule has 1 N–H and O–H groups in total. The highest BCUT2D eigenvalue weighted by Crippen LogP contribution is 2.31. The minimum absolute atomic E-state index is 0.279. The van der Waals surface area contributed by atoms with Crippen LogP contribution >= 0.6 is 0 Å². The lowest BCUT2D eigenvalue weighted by atomic mass is 10.1. The van der Waals surface area contributed by atoms with Crippen LogP contribution in [-0.4, -0.2) is 35.8 Å². The number of aliphatic hydroxyl groups is 1. The van der Waals surface area contributed by atoms with Gasteiger partial charge in [0.15, 0.2) is 5.79 Å². The molecule has 21 heavy (non-hydrogen) atoms. The first-order valence-corrected chi connectivity index (χ1v) is 7.28. The maximum Gasteiger partial charge on any atom is 0.164 e. The maximum atomic E-state index is 10.1. The number of ether oxygens (including phenoxy) is 3. The molecular weight excluding hydrogens is 268 g/mol. The predicted octanol–water partition coefficient (Wildman–Crippen LogP) is 2.66. The zero-order chi connectivity index (χ0) is 15.3. The maximum absolute atomic E-state index is 10.1. The van der Waals surface area contributed by atoms with Crippen molar-refractivity contribution in [3.8, 4) is 0 Å². The molecule has 0 spiro atoms. The summed E-state index contributed by atoms with van der Waals surface area (Å²) < 4.78 is 17.3. The summed E-state index contributed by atoms with van der Waals surface area (Å²) >= 11 is 0. The number of hydrogen-bond donors (Lipinski definition) is 1. The van der Waals surface area contributed by atoms with Crippen LogP contribution < -0.4 is 0 Å². The minimum atomic E-state index is -0.701. The van der Waals surface area contributed by atoms with Crippen LogP contribution in [0.3, 0.4) is 0 Å². The van der Waals surface area contributed by atoms with Gasteiger partial charge in [0.25, 0.3) is 0 Å². The fraction of sp³-hybridized carbons (Fsp3) is 0.529. The monoisotopic (exact) mass is 292 g/mol. The summed E-state index contributed by atoms with van der Waals surface area (Å²) in [6.07, 6.45) is 0.850. The van der Waals surface area contributed by atoms with Crippen LogP contribution in [0.25, 0.3) is 0 Å². The topological polar surface area (TPSA) is 47.9 Å². The highest BCUT2D eigenvalue weighted by molar-refractivity contribution is 5.13. The smallest absolute Gasteiger partial charge is 0.164 e. The van der Waals surface area contributed by atoms with Gasteiger partial charge >= 0.3 is 0 Å². The standard InChI is InChI=1S/C17H24O4/c1-4-8-14(18)16-15(20-17(2,3)21-16)12-19-11-13-9-6-5-7-10-13/h4-7,9-10,14-16,18H,1,8,11-12H2,2-3H3/t14-,15+,16+/m0/s1. The third-order valence-electron chi connectivity index (χ3n) is 3.40. The molecule has 0 radical (unpaired) electrons. The van der Waals surface area contributed by atoms with E-state index in [0.29, 0.717) is 19.6 Å². The van der Waals surface area contributed by atoms with Gasteiger partial charge < -0.3 is 19.3 Å². The Morgan fingerprint density at radius 2 is 2.05 bits per heavy atom. The molecule has 2 rings (SSSR count). The van der Waals surface area contributed by atoms with Crippen molar-refractivity contribution in [3.05, 3.63) is 48.6 Å². The van der Waals surface area contributed by atoms with Gasteiger partial charge in [-0.15, -0.1) is 6.58 Å². The Morgan fingerprint density at radius 1 is 1.33 bits per heavy atom. The second kappa shape index (κ2) is 7.18. The molecule has 3 atom stereocenters. The highest BCUT2D eigenvalue weighted by atomic mass is 16.8. The number of benzene rings is 1. The normalized spacial score (nSPS) is 25.7. The molecular formula is C17H24O4. The van der Waals surface area contributed by atoms with Crippen LogP contribution in [0.1, 0.15) is 25.8 Å². The fourth-order valence-corrected chi connectivity index (χ4v) is 2.49. The van der Waals surface area contributed by atoms with E-state index in [1.807, 2.05) is 44.2 Å². The van der Waals surface area contributed by atoms with Gasteiger partial charge in [0.2, 0.25) is 0 Å². The first kappa shape index (κ1) is 16.2. The van der Waals surface area contributed by atoms with Crippen LogP contribution in [0.15, 0.2) is 43.0 Å². The van der Waals surface area contributed by atoms with Gasteiger partial charge in [0, 0.05) is 0 Å². The van der Waals surface area contributed by atoms with E-state index in [-0.39, 0.29) is 6.10 Å². The summed E-state index contributed by atoms with van der Waals surface area (Å²) in [4.78, 5) is 0. The van der Waals surface area contributed by atoms with Gasteiger partial charge in [-0.25, -0.2) is 0 Å². The van der Waals surface area contributed by atoms with E-state index in [9.17, 15) is 5.11 Å². The Morgan fingerprint density at radius 3 is 2.71 bits per heavy atom. The van der Waals surface area contributed by atoms with Crippen molar-refractivity contribution >= 4 is 0 Å². The van der Waals surface area contributed by atoms with Gasteiger partial charge in [-0.2, -0.15) is 0 Å². The highest BCUT2D eigenvalue weighted by Gasteiger charge is 2.44. The molecule has 0 saturated carbocycles. The molecule has 0 aliphatic carbocycles. The molecule has 1 saturated heterocycles. The van der Waals surface area contributed by atoms with E-state index in [2.05, 4.69) is 6.58 Å². The Labute approximate surface area is 126 Å². The third-order valence-corrected chi connectivity index (χ3v) is 3.40. The molecule has 1 heterocycles. The summed E-state index contributed by atoms with van der Waals surface area (Å²) in [5, 5.41) is 10.1. The average molecular weight is 292 g/mol. The van der Waals surface area contributed by atoms with Crippen molar-refractivity contribution < 1.29 is 19.3 Å². The predicted molar refractivity (Wildman–Crippen MR) is 80.7 cm³/mol. The SMILES string of the molecule is C=CC[C@H](O)[C@H]1OC(C)(C)O[C@@H]1COCc1ccccc1. The number of rotatable bonds is 7. The largest absolute Gasteiger partial charge is 0.390 e. The van der Waals surface area contributed by atoms with Crippen LogP contribution in [-0.2, 0) is 20.8 Å². The van der Waals surface area contributed by atoms with Crippen molar-refractivity contribution in [2.45, 2.75) is 51.0 Å². The molecule has 1 aromatic carbocycles. The zero-order valence-electron chi connectivity index (χ0n) is 12.7. The Kier molecular flexibility index (Phi) is 5.53. The Balaban J connectivity index is 1.88. The van der Waals surface area contributed by atoms with E-state index >= 15 is 0 Å². The van der Waals surface area contributed by atoms with Gasteiger partial charge in [-0.05, 0) is 25.8 Å². The van der Waals surface area contributed by atoms with Crippen LogP contribution in [0.2, 0.25) is 0 Å². The Bertz CT molecular complexity index is 443. The third kappa shape index (κ3) is 4.64. The minimum Gasteiger partial charge on any atom is -0.390 e. The molecule has 4 nitrogen and oxygen atoms in total. The van der Waals surface area contributed by atoms with Crippen molar-refractivity contribution in [1.82, 2.24) is 0 Å². The second-order valence-electron chi connectivity index (χ2n) is 5.73. The molecule has 1 aromatic rings. The van der Waals surface area contributed by atoms with Crippen LogP contribution in [0, 0.1) is 0 Å². The summed E-state index contributed by atoms with van der Waals surface area (Å²) in [6, 6.07) is 9.96. The van der Waals surface area contributed by atoms with Gasteiger partial charge in [0.05, 0.1) is 19.3 Å². The molecule has 1 aliphatic heterocycles. The van der Waals surface area contributed by atoms with E-state index in [0.717, 1.165) is 5.56 Å². The first-order valence-electron chi connectivity index (χ1n) is 7.28. The molecule has 0 unspecified atom stereocenters. The molecule has 1 fully saturated rings. The molecule has 4 heteroatoms. The van der Waals surface area contributed by atoms with Crippen molar-refractivity contribution in [2.75, 3.05) is 6.61 Å². The molecule has 0 amide bonds.